The Morgan fingerprint density at radius 3 is 1.38 bits per heavy atom. The van der Waals surface area contributed by atoms with E-state index in [9.17, 15) is 0 Å². The van der Waals surface area contributed by atoms with Gasteiger partial charge in [0.2, 0.25) is 0 Å². The van der Waals surface area contributed by atoms with Crippen LogP contribution in [0.1, 0.15) is 116 Å². The van der Waals surface area contributed by atoms with Gasteiger partial charge in [0.15, 0.2) is 0 Å². The first-order valence-electron chi connectivity index (χ1n) is 12.7. The third kappa shape index (κ3) is 14.3. The largest absolute Gasteiger partial charge is 1.00 e. The van der Waals surface area contributed by atoms with Crippen LogP contribution in [0.2, 0.25) is 0 Å². The van der Waals surface area contributed by atoms with E-state index in [0.29, 0.717) is 0 Å². The van der Waals surface area contributed by atoms with E-state index in [1.165, 1.54) is 126 Å². The van der Waals surface area contributed by atoms with E-state index in [1.807, 2.05) is 0 Å². The van der Waals surface area contributed by atoms with Crippen LogP contribution in [0.3, 0.4) is 0 Å². The van der Waals surface area contributed by atoms with Crippen LogP contribution < -0.4 is 17.0 Å². The Morgan fingerprint density at radius 2 is 0.966 bits per heavy atom. The second kappa shape index (κ2) is 19.6. The van der Waals surface area contributed by atoms with Crippen molar-refractivity contribution in [1.82, 2.24) is 0 Å². The van der Waals surface area contributed by atoms with E-state index in [1.54, 1.807) is 0 Å². The minimum absolute atomic E-state index is 0. The highest BCUT2D eigenvalue weighted by molar-refractivity contribution is 5.13. The zero-order chi connectivity index (χ0) is 20.3. The summed E-state index contributed by atoms with van der Waals surface area (Å²) in [4.78, 5) is 0. The van der Waals surface area contributed by atoms with Gasteiger partial charge in [-0.15, -0.1) is 0 Å². The summed E-state index contributed by atoms with van der Waals surface area (Å²) in [6.45, 7) is 12.1. The maximum Gasteiger partial charge on any atom is 0.104 e. The van der Waals surface area contributed by atoms with Gasteiger partial charge in [-0.25, -0.2) is 0 Å². The molecule has 0 amide bonds. The lowest BCUT2D eigenvalue weighted by Gasteiger charge is -2.37. The van der Waals surface area contributed by atoms with Crippen molar-refractivity contribution in [3.63, 3.8) is 0 Å². The van der Waals surface area contributed by atoms with Crippen molar-refractivity contribution in [2.24, 2.45) is 0 Å². The fourth-order valence-corrected chi connectivity index (χ4v) is 4.45. The maximum atomic E-state index is 2.37. The average Bonchev–Trinajstić information content (AvgIpc) is 2.74. The number of halogens is 1. The minimum Gasteiger partial charge on any atom is -1.00 e. The molecular formula is C27H50BrN. The molecule has 29 heavy (non-hydrogen) atoms. The van der Waals surface area contributed by atoms with E-state index in [0.717, 1.165) is 0 Å². The van der Waals surface area contributed by atoms with E-state index in [-0.39, 0.29) is 17.0 Å². The van der Waals surface area contributed by atoms with E-state index in [2.05, 4.69) is 51.1 Å². The smallest absolute Gasteiger partial charge is 0.104 e. The van der Waals surface area contributed by atoms with Crippen LogP contribution in [0.25, 0.3) is 0 Å². The lowest BCUT2D eigenvalue weighted by Crippen LogP contribution is -3.00. The lowest BCUT2D eigenvalue weighted by atomic mass is 10.0. The Bertz CT molecular complexity index is 441. The Kier molecular flexibility index (Phi) is 19.4. The monoisotopic (exact) mass is 467 g/mol. The first-order chi connectivity index (χ1) is 13.8. The summed E-state index contributed by atoms with van der Waals surface area (Å²) in [5.41, 5.74) is 1.50. The van der Waals surface area contributed by atoms with Crippen LogP contribution in [0, 0.1) is 0 Å². The SMILES string of the molecule is CCCCCCCCCCCCCCCC[N+](CC)(CC)Cc1ccccc1.[Br-]. The molecule has 1 nitrogen and oxygen atoms in total. The summed E-state index contributed by atoms with van der Waals surface area (Å²) in [5, 5.41) is 0. The van der Waals surface area contributed by atoms with Crippen molar-refractivity contribution < 1.29 is 21.5 Å². The van der Waals surface area contributed by atoms with Gasteiger partial charge in [-0.2, -0.15) is 0 Å². The Labute approximate surface area is 194 Å². The number of rotatable bonds is 19. The molecule has 0 aliphatic rings. The van der Waals surface area contributed by atoms with Gasteiger partial charge in [-0.05, 0) is 26.7 Å². The van der Waals surface area contributed by atoms with Crippen molar-refractivity contribution in [1.29, 1.82) is 0 Å². The molecule has 0 aliphatic heterocycles. The Hall–Kier alpha value is -0.340. The van der Waals surface area contributed by atoms with E-state index in [4.69, 9.17) is 0 Å². The van der Waals surface area contributed by atoms with Gasteiger partial charge >= 0.3 is 0 Å². The van der Waals surface area contributed by atoms with Gasteiger partial charge in [0.1, 0.15) is 6.54 Å². The molecule has 0 bridgehead atoms. The van der Waals surface area contributed by atoms with Gasteiger partial charge in [0.05, 0.1) is 19.6 Å². The fourth-order valence-electron chi connectivity index (χ4n) is 4.45. The van der Waals surface area contributed by atoms with Crippen LogP contribution in [-0.2, 0) is 6.54 Å². The molecule has 0 saturated carbocycles. The van der Waals surface area contributed by atoms with Crippen molar-refractivity contribution in [3.8, 4) is 0 Å². The van der Waals surface area contributed by atoms with Gasteiger partial charge in [-0.3, -0.25) is 0 Å². The summed E-state index contributed by atoms with van der Waals surface area (Å²) in [6, 6.07) is 11.1. The summed E-state index contributed by atoms with van der Waals surface area (Å²) in [6.07, 6.45) is 20.2. The highest BCUT2D eigenvalue weighted by Gasteiger charge is 2.22. The first-order valence-corrected chi connectivity index (χ1v) is 12.7. The molecule has 1 rings (SSSR count). The number of benzene rings is 1. The first kappa shape index (κ1) is 28.7. The van der Waals surface area contributed by atoms with Gasteiger partial charge in [0.25, 0.3) is 0 Å². The van der Waals surface area contributed by atoms with Gasteiger partial charge in [0, 0.05) is 5.56 Å². The number of hydrogen-bond acceptors (Lipinski definition) is 0. The van der Waals surface area contributed by atoms with Crippen LogP contribution >= 0.6 is 0 Å². The topological polar surface area (TPSA) is 0 Å². The van der Waals surface area contributed by atoms with Crippen LogP contribution in [0.4, 0.5) is 0 Å². The predicted octanol–water partition coefficient (Wildman–Crippen LogP) is 5.53. The molecule has 1 aromatic carbocycles. The number of unbranched alkanes of at least 4 members (excludes halogenated alkanes) is 13. The molecule has 0 unspecified atom stereocenters. The van der Waals surface area contributed by atoms with Gasteiger partial charge < -0.3 is 21.5 Å². The highest BCUT2D eigenvalue weighted by Crippen LogP contribution is 2.18. The zero-order valence-corrected chi connectivity index (χ0v) is 21.5. The van der Waals surface area contributed by atoms with Crippen LogP contribution in [-0.4, -0.2) is 24.1 Å². The Balaban J connectivity index is 0.00000784. The highest BCUT2D eigenvalue weighted by atomic mass is 79.9. The maximum absolute atomic E-state index is 2.37. The molecule has 1 aromatic rings. The summed E-state index contributed by atoms with van der Waals surface area (Å²) in [7, 11) is 0. The molecule has 0 aliphatic carbocycles. The molecule has 0 atom stereocenters. The lowest BCUT2D eigenvalue weighted by molar-refractivity contribution is -0.938. The number of quaternary nitrogens is 1. The molecule has 170 valence electrons. The molecule has 0 saturated heterocycles. The number of hydrogen-bond donors (Lipinski definition) is 0. The third-order valence-corrected chi connectivity index (χ3v) is 6.69. The van der Waals surface area contributed by atoms with Crippen LogP contribution in [0.15, 0.2) is 30.3 Å². The third-order valence-electron chi connectivity index (χ3n) is 6.69. The fraction of sp³-hybridized carbons (Fsp3) is 0.778. The average molecular weight is 469 g/mol. The zero-order valence-electron chi connectivity index (χ0n) is 19.9. The summed E-state index contributed by atoms with van der Waals surface area (Å²) >= 11 is 0. The minimum atomic E-state index is 0. The molecule has 2 heteroatoms. The van der Waals surface area contributed by atoms with Crippen LogP contribution in [0.5, 0.6) is 0 Å². The molecule has 0 fully saturated rings. The van der Waals surface area contributed by atoms with Crippen molar-refractivity contribution >= 4 is 0 Å². The number of nitrogens with zero attached hydrogens (tertiary/aromatic N) is 1. The van der Waals surface area contributed by atoms with E-state index >= 15 is 0 Å². The normalized spacial score (nSPS) is 11.4. The molecule has 0 spiro atoms. The predicted molar refractivity (Wildman–Crippen MR) is 127 cm³/mol. The standard InChI is InChI=1S/C27H50N.BrH/c1-4-7-8-9-10-11-12-13-14-15-16-17-18-22-25-28(5-2,6-3)26-27-23-20-19-21-24-27;/h19-21,23-24H,4-18,22,25-26H2,1-3H3;1H/q+1;/p-1. The van der Waals surface area contributed by atoms with E-state index < -0.39 is 0 Å². The quantitative estimate of drug-likeness (QED) is 0.185. The van der Waals surface area contributed by atoms with Crippen molar-refractivity contribution in [2.45, 2.75) is 117 Å². The second-order valence-corrected chi connectivity index (χ2v) is 8.94. The molecule has 0 aromatic heterocycles. The molecule has 0 heterocycles. The molecule has 0 radical (unpaired) electrons. The molecular weight excluding hydrogens is 418 g/mol. The van der Waals surface area contributed by atoms with Gasteiger partial charge in [-0.1, -0.05) is 114 Å². The molecule has 0 N–H and O–H groups in total. The summed E-state index contributed by atoms with van der Waals surface area (Å²) < 4.78 is 1.25. The Morgan fingerprint density at radius 1 is 0.552 bits per heavy atom. The van der Waals surface area contributed by atoms with Crippen molar-refractivity contribution in [2.75, 3.05) is 19.6 Å². The summed E-state index contributed by atoms with van der Waals surface area (Å²) in [5.74, 6) is 0. The second-order valence-electron chi connectivity index (χ2n) is 8.94. The van der Waals surface area contributed by atoms with Crippen molar-refractivity contribution in [3.05, 3.63) is 35.9 Å².